The van der Waals surface area contributed by atoms with Gasteiger partial charge in [0, 0.05) is 36.5 Å². The van der Waals surface area contributed by atoms with E-state index < -0.39 is 58.8 Å². The Bertz CT molecular complexity index is 2030. The standard InChI is InChI=1S/C38H28F6O6/c1-47-35(37(39,40)41,24-14-5-3-6-15-24)33(45)49-31-28-20-12-11-19-27(28)30-26-18-10-9-13-23(26)21-22-29(30)32(31)50-34(46)36(48-2,38(42,43)44)25-16-7-4-8-17-25/h3-22,31-32H,1-2H3/t31-,32-,35+,36+/m1/s1. The average Bonchev–Trinajstić information content (AvgIpc) is 3.10. The van der Waals surface area contributed by atoms with Gasteiger partial charge < -0.3 is 18.9 Å². The van der Waals surface area contributed by atoms with Crippen LogP contribution in [0.15, 0.2) is 121 Å². The van der Waals surface area contributed by atoms with E-state index in [2.05, 4.69) is 0 Å². The SMILES string of the molecule is CO[C@](C(=O)O[C@@H]1c2ccccc2-c2c(ccc3ccccc23)[C@H]1OC(=O)[C@@](OC)(c1ccccc1)C(F)(F)F)(c1ccccc1)C(F)(F)F. The van der Waals surface area contributed by atoms with Crippen molar-refractivity contribution in [2.45, 2.75) is 35.8 Å². The fourth-order valence-electron chi connectivity index (χ4n) is 6.55. The Morgan fingerprint density at radius 3 is 1.46 bits per heavy atom. The van der Waals surface area contributed by atoms with Gasteiger partial charge in [-0.25, -0.2) is 9.59 Å². The lowest BCUT2D eigenvalue weighted by Crippen LogP contribution is -2.53. The molecule has 12 heteroatoms. The lowest BCUT2D eigenvalue weighted by Gasteiger charge is -2.40. The quantitative estimate of drug-likeness (QED) is 0.119. The van der Waals surface area contributed by atoms with Gasteiger partial charge >= 0.3 is 24.3 Å². The van der Waals surface area contributed by atoms with E-state index in [1.54, 1.807) is 42.5 Å². The Morgan fingerprint density at radius 1 is 0.520 bits per heavy atom. The first-order valence-electron chi connectivity index (χ1n) is 15.2. The van der Waals surface area contributed by atoms with Crippen molar-refractivity contribution >= 4 is 22.7 Å². The van der Waals surface area contributed by atoms with E-state index >= 15 is 0 Å². The van der Waals surface area contributed by atoms with Crippen LogP contribution in [0.1, 0.15) is 34.5 Å². The van der Waals surface area contributed by atoms with Crippen LogP contribution in [-0.2, 0) is 39.7 Å². The van der Waals surface area contributed by atoms with Crippen molar-refractivity contribution in [3.63, 3.8) is 0 Å². The normalized spacial score (nSPS) is 18.2. The Kier molecular flexibility index (Phi) is 8.96. The number of methoxy groups -OCH3 is 2. The molecule has 0 aliphatic heterocycles. The highest BCUT2D eigenvalue weighted by atomic mass is 19.4. The Labute approximate surface area is 282 Å². The van der Waals surface area contributed by atoms with E-state index in [0.717, 1.165) is 24.3 Å². The molecule has 4 atom stereocenters. The second-order valence-corrected chi connectivity index (χ2v) is 11.5. The lowest BCUT2D eigenvalue weighted by atomic mass is 9.79. The smallest absolute Gasteiger partial charge is 0.432 e. The van der Waals surface area contributed by atoms with E-state index in [9.17, 15) is 35.9 Å². The zero-order valence-electron chi connectivity index (χ0n) is 26.4. The predicted octanol–water partition coefficient (Wildman–Crippen LogP) is 8.90. The van der Waals surface area contributed by atoms with Crippen molar-refractivity contribution in [1.82, 2.24) is 0 Å². The molecule has 258 valence electrons. The van der Waals surface area contributed by atoms with Crippen LogP contribution in [0.25, 0.3) is 21.9 Å². The topological polar surface area (TPSA) is 71.1 Å². The van der Waals surface area contributed by atoms with E-state index in [1.165, 1.54) is 54.6 Å². The van der Waals surface area contributed by atoms with Gasteiger partial charge in [-0.15, -0.1) is 0 Å². The van der Waals surface area contributed by atoms with Gasteiger partial charge in [0.2, 0.25) is 0 Å². The maximum Gasteiger partial charge on any atom is 0.432 e. The number of alkyl halides is 6. The summed E-state index contributed by atoms with van der Waals surface area (Å²) in [5.74, 6) is -3.86. The maximum absolute atomic E-state index is 15.0. The van der Waals surface area contributed by atoms with Crippen LogP contribution in [0.2, 0.25) is 0 Å². The fraction of sp³-hybridized carbons (Fsp3) is 0.211. The van der Waals surface area contributed by atoms with Crippen LogP contribution in [0.4, 0.5) is 26.3 Å². The summed E-state index contributed by atoms with van der Waals surface area (Å²) in [5.41, 5.74) is -7.55. The second kappa shape index (κ2) is 12.9. The summed E-state index contributed by atoms with van der Waals surface area (Å²) in [5, 5.41) is 1.32. The van der Waals surface area contributed by atoms with Crippen LogP contribution in [-0.4, -0.2) is 38.5 Å². The predicted molar refractivity (Wildman–Crippen MR) is 169 cm³/mol. The summed E-state index contributed by atoms with van der Waals surface area (Å²) in [6, 6.07) is 28.4. The molecule has 0 radical (unpaired) electrons. The molecule has 0 bridgehead atoms. The number of hydrogen-bond acceptors (Lipinski definition) is 6. The minimum atomic E-state index is -5.38. The molecule has 1 aliphatic rings. The first-order valence-corrected chi connectivity index (χ1v) is 15.2. The number of fused-ring (bicyclic) bond motifs is 5. The molecular formula is C38H28F6O6. The number of esters is 2. The van der Waals surface area contributed by atoms with Crippen molar-refractivity contribution < 1.29 is 54.9 Å². The lowest BCUT2D eigenvalue weighted by molar-refractivity contribution is -0.286. The zero-order chi connectivity index (χ0) is 35.9. The highest BCUT2D eigenvalue weighted by molar-refractivity contribution is 6.00. The minimum absolute atomic E-state index is 0.0810. The molecule has 0 aromatic heterocycles. The Balaban J connectivity index is 1.57. The molecule has 0 saturated heterocycles. The fourth-order valence-corrected chi connectivity index (χ4v) is 6.55. The molecule has 0 heterocycles. The highest BCUT2D eigenvalue weighted by Crippen LogP contribution is 2.54. The molecule has 6 rings (SSSR count). The molecule has 50 heavy (non-hydrogen) atoms. The van der Waals surface area contributed by atoms with Gasteiger partial charge in [0.05, 0.1) is 0 Å². The maximum atomic E-state index is 15.0. The summed E-state index contributed by atoms with van der Waals surface area (Å²) in [6.45, 7) is 0. The van der Waals surface area contributed by atoms with Gasteiger partial charge in [0.1, 0.15) is 0 Å². The number of carbonyl (C=O) groups excluding carboxylic acids is 2. The first-order chi connectivity index (χ1) is 23.8. The molecule has 6 nitrogen and oxygen atoms in total. The Hall–Kier alpha value is -5.20. The van der Waals surface area contributed by atoms with E-state index in [0.29, 0.717) is 36.1 Å². The van der Waals surface area contributed by atoms with Gasteiger partial charge in [0.15, 0.2) is 12.2 Å². The molecule has 0 unspecified atom stereocenters. The van der Waals surface area contributed by atoms with Gasteiger partial charge in [-0.1, -0.05) is 121 Å². The molecule has 5 aromatic rings. The molecule has 0 fully saturated rings. The van der Waals surface area contributed by atoms with Crippen molar-refractivity contribution in [2.24, 2.45) is 0 Å². The third-order valence-corrected chi connectivity index (χ3v) is 8.89. The number of hydrogen-bond donors (Lipinski definition) is 0. The number of benzene rings is 5. The molecule has 0 spiro atoms. The molecule has 0 amide bonds. The van der Waals surface area contributed by atoms with Gasteiger partial charge in [-0.2, -0.15) is 26.3 Å². The Morgan fingerprint density at radius 2 is 0.960 bits per heavy atom. The van der Waals surface area contributed by atoms with Crippen LogP contribution in [0.3, 0.4) is 0 Å². The summed E-state index contributed by atoms with van der Waals surface area (Å²) in [6.07, 6.45) is -14.5. The van der Waals surface area contributed by atoms with Gasteiger partial charge in [-0.05, 0) is 21.9 Å². The van der Waals surface area contributed by atoms with Gasteiger partial charge in [0.25, 0.3) is 11.2 Å². The van der Waals surface area contributed by atoms with Crippen LogP contribution in [0.5, 0.6) is 0 Å². The summed E-state index contributed by atoms with van der Waals surface area (Å²) in [7, 11) is 1.37. The van der Waals surface area contributed by atoms with Crippen LogP contribution >= 0.6 is 0 Å². The molecule has 0 N–H and O–H groups in total. The van der Waals surface area contributed by atoms with Crippen molar-refractivity contribution in [2.75, 3.05) is 14.2 Å². The van der Waals surface area contributed by atoms with Crippen molar-refractivity contribution in [3.05, 3.63) is 144 Å². The second-order valence-electron chi connectivity index (χ2n) is 11.5. The van der Waals surface area contributed by atoms with Crippen molar-refractivity contribution in [3.8, 4) is 11.1 Å². The summed E-state index contributed by atoms with van der Waals surface area (Å²) < 4.78 is 111. The third-order valence-electron chi connectivity index (χ3n) is 8.89. The molecular weight excluding hydrogens is 666 g/mol. The molecule has 5 aromatic carbocycles. The highest BCUT2D eigenvalue weighted by Gasteiger charge is 2.66. The van der Waals surface area contributed by atoms with Crippen molar-refractivity contribution in [1.29, 1.82) is 0 Å². The van der Waals surface area contributed by atoms with Gasteiger partial charge in [-0.3, -0.25) is 0 Å². The first kappa shape index (κ1) is 34.7. The summed E-state index contributed by atoms with van der Waals surface area (Å²) >= 11 is 0. The van der Waals surface area contributed by atoms with Crippen LogP contribution in [0, 0.1) is 0 Å². The number of rotatable bonds is 8. The minimum Gasteiger partial charge on any atom is -0.450 e. The third kappa shape index (κ3) is 5.39. The monoisotopic (exact) mass is 694 g/mol. The number of ether oxygens (including phenoxy) is 4. The van der Waals surface area contributed by atoms with Crippen LogP contribution < -0.4 is 0 Å². The van der Waals surface area contributed by atoms with E-state index in [1.807, 2.05) is 0 Å². The average molecular weight is 695 g/mol. The molecule has 1 aliphatic carbocycles. The number of halogens is 6. The molecule has 0 saturated carbocycles. The largest absolute Gasteiger partial charge is 0.450 e. The van der Waals surface area contributed by atoms with E-state index in [4.69, 9.17) is 18.9 Å². The zero-order valence-corrected chi connectivity index (χ0v) is 26.4. The summed E-state index contributed by atoms with van der Waals surface area (Å²) in [4.78, 5) is 28.0. The van der Waals surface area contributed by atoms with E-state index in [-0.39, 0.29) is 11.1 Å². The number of carbonyl (C=O) groups is 2.